The van der Waals surface area contributed by atoms with Crippen molar-refractivity contribution in [3.8, 4) is 11.5 Å². The lowest BCUT2D eigenvalue weighted by Crippen LogP contribution is -2.05. The molecule has 0 fully saturated rings. The summed E-state index contributed by atoms with van der Waals surface area (Å²) in [5.41, 5.74) is 0.182. The van der Waals surface area contributed by atoms with Crippen LogP contribution in [0, 0.1) is 0 Å². The number of halogens is 3. The second kappa shape index (κ2) is 5.14. The van der Waals surface area contributed by atoms with Crippen LogP contribution in [0.3, 0.4) is 0 Å². The van der Waals surface area contributed by atoms with Crippen LogP contribution in [0.2, 0.25) is 5.02 Å². The lowest BCUT2D eigenvalue weighted by atomic mass is 10.2. The number of ether oxygens (including phenoxy) is 2. The molecule has 0 unspecified atom stereocenters. The fraction of sp³-hybridized carbons (Fsp3) is 0.333. The van der Waals surface area contributed by atoms with E-state index in [-0.39, 0.29) is 22.1 Å². The van der Waals surface area contributed by atoms with Crippen molar-refractivity contribution in [3.05, 3.63) is 22.7 Å². The maximum Gasteiger partial charge on any atom is 0.387 e. The molecule has 0 bridgehead atoms. The van der Waals surface area contributed by atoms with Crippen molar-refractivity contribution in [1.29, 1.82) is 0 Å². The molecule has 1 rings (SSSR count). The highest BCUT2D eigenvalue weighted by Crippen LogP contribution is 2.33. The number of methoxy groups -OCH3 is 1. The molecule has 0 atom stereocenters. The number of aliphatic hydroxyl groups is 1. The molecule has 0 saturated carbocycles. The zero-order chi connectivity index (χ0) is 11.4. The zero-order valence-corrected chi connectivity index (χ0v) is 8.59. The van der Waals surface area contributed by atoms with Crippen molar-refractivity contribution in [2.24, 2.45) is 0 Å². The first kappa shape index (κ1) is 12.0. The predicted octanol–water partition coefficient (Wildman–Crippen LogP) is 2.44. The molecule has 0 aliphatic rings. The van der Waals surface area contributed by atoms with E-state index in [9.17, 15) is 8.78 Å². The fourth-order valence-corrected chi connectivity index (χ4v) is 1.33. The molecule has 1 aromatic carbocycles. The van der Waals surface area contributed by atoms with Crippen molar-refractivity contribution >= 4 is 11.6 Å². The van der Waals surface area contributed by atoms with Gasteiger partial charge in [-0.25, -0.2) is 0 Å². The minimum atomic E-state index is -2.96. The first-order valence-corrected chi connectivity index (χ1v) is 4.38. The van der Waals surface area contributed by atoms with E-state index in [1.807, 2.05) is 0 Å². The van der Waals surface area contributed by atoms with Gasteiger partial charge in [0.05, 0.1) is 18.7 Å². The molecule has 1 N–H and O–H groups in total. The monoisotopic (exact) mass is 238 g/mol. The Labute approximate surface area is 90.2 Å². The van der Waals surface area contributed by atoms with Gasteiger partial charge in [-0.2, -0.15) is 8.78 Å². The van der Waals surface area contributed by atoms with Crippen LogP contribution in [0.4, 0.5) is 8.78 Å². The Morgan fingerprint density at radius 3 is 2.53 bits per heavy atom. The molecule has 0 aliphatic carbocycles. The van der Waals surface area contributed by atoms with Crippen LogP contribution in [0.15, 0.2) is 12.1 Å². The van der Waals surface area contributed by atoms with Crippen LogP contribution in [-0.4, -0.2) is 18.8 Å². The summed E-state index contributed by atoms with van der Waals surface area (Å²) in [6.45, 7) is -3.40. The summed E-state index contributed by atoms with van der Waals surface area (Å²) in [5.74, 6) is 0.0678. The number of hydrogen-bond acceptors (Lipinski definition) is 3. The van der Waals surface area contributed by atoms with Gasteiger partial charge < -0.3 is 14.6 Å². The Kier molecular flexibility index (Phi) is 4.11. The Morgan fingerprint density at radius 1 is 1.40 bits per heavy atom. The van der Waals surface area contributed by atoms with Gasteiger partial charge in [0.1, 0.15) is 11.5 Å². The Balaban J connectivity index is 3.10. The quantitative estimate of drug-likeness (QED) is 0.876. The van der Waals surface area contributed by atoms with E-state index < -0.39 is 13.2 Å². The Bertz CT molecular complexity index is 344. The molecule has 1 aromatic rings. The molecule has 6 heteroatoms. The van der Waals surface area contributed by atoms with Gasteiger partial charge >= 0.3 is 6.61 Å². The molecule has 0 aliphatic heterocycles. The molecule has 0 heterocycles. The molecule has 0 radical (unpaired) electrons. The second-order valence-corrected chi connectivity index (χ2v) is 3.04. The number of hydrogen-bond donors (Lipinski definition) is 1. The first-order valence-electron chi connectivity index (χ1n) is 4.00. The highest BCUT2D eigenvalue weighted by atomic mass is 35.5. The minimum absolute atomic E-state index is 0.145. The van der Waals surface area contributed by atoms with E-state index >= 15 is 0 Å². The summed E-state index contributed by atoms with van der Waals surface area (Å²) in [7, 11) is 1.35. The highest BCUT2D eigenvalue weighted by Gasteiger charge is 2.13. The Hall–Kier alpha value is -1.07. The third kappa shape index (κ3) is 2.94. The number of benzene rings is 1. The molecule has 0 spiro atoms. The van der Waals surface area contributed by atoms with Crippen LogP contribution in [0.1, 0.15) is 5.56 Å². The summed E-state index contributed by atoms with van der Waals surface area (Å²) < 4.78 is 33.0. The number of aliphatic hydroxyl groups excluding tert-OH is 1. The number of alkyl halides is 2. The molecule has 0 aromatic heterocycles. The first-order chi connectivity index (χ1) is 7.08. The van der Waals surface area contributed by atoms with Crippen molar-refractivity contribution in [2.45, 2.75) is 13.2 Å². The molecule has 84 valence electrons. The van der Waals surface area contributed by atoms with Crippen LogP contribution in [0.25, 0.3) is 0 Å². The molecule has 15 heavy (non-hydrogen) atoms. The van der Waals surface area contributed by atoms with Gasteiger partial charge in [0.15, 0.2) is 0 Å². The zero-order valence-electron chi connectivity index (χ0n) is 7.84. The fourth-order valence-electron chi connectivity index (χ4n) is 1.06. The van der Waals surface area contributed by atoms with Gasteiger partial charge in [0.25, 0.3) is 0 Å². The van der Waals surface area contributed by atoms with Crippen LogP contribution < -0.4 is 9.47 Å². The van der Waals surface area contributed by atoms with Crippen molar-refractivity contribution < 1.29 is 23.4 Å². The molecule has 3 nitrogen and oxygen atoms in total. The summed E-state index contributed by atoms with van der Waals surface area (Å²) in [6, 6.07) is 2.53. The van der Waals surface area contributed by atoms with Gasteiger partial charge in [-0.1, -0.05) is 11.6 Å². The van der Waals surface area contributed by atoms with Crippen LogP contribution >= 0.6 is 11.6 Å². The molecular formula is C9H9ClF2O3. The highest BCUT2D eigenvalue weighted by molar-refractivity contribution is 6.32. The summed E-state index contributed by atoms with van der Waals surface area (Å²) in [4.78, 5) is 0. The predicted molar refractivity (Wildman–Crippen MR) is 50.6 cm³/mol. The average molecular weight is 239 g/mol. The molecule has 0 saturated heterocycles. The van der Waals surface area contributed by atoms with E-state index in [0.29, 0.717) is 0 Å². The standard InChI is InChI=1S/C9H9ClF2O3/c1-14-8-3-7(15-9(11)12)5(4-13)2-6(8)10/h2-3,9,13H,4H2,1H3. The average Bonchev–Trinajstić information content (AvgIpc) is 2.19. The summed E-state index contributed by atoms with van der Waals surface area (Å²) in [5, 5.41) is 9.12. The smallest absolute Gasteiger partial charge is 0.387 e. The lowest BCUT2D eigenvalue weighted by Gasteiger charge is -2.11. The van der Waals surface area contributed by atoms with Crippen molar-refractivity contribution in [2.75, 3.05) is 7.11 Å². The van der Waals surface area contributed by atoms with E-state index in [2.05, 4.69) is 4.74 Å². The van der Waals surface area contributed by atoms with Crippen molar-refractivity contribution in [3.63, 3.8) is 0 Å². The normalized spacial score (nSPS) is 10.5. The lowest BCUT2D eigenvalue weighted by molar-refractivity contribution is -0.0510. The summed E-state index contributed by atoms with van der Waals surface area (Å²) in [6.07, 6.45) is 0. The van der Waals surface area contributed by atoms with E-state index in [1.165, 1.54) is 19.2 Å². The van der Waals surface area contributed by atoms with Gasteiger partial charge in [-0.3, -0.25) is 0 Å². The van der Waals surface area contributed by atoms with Gasteiger partial charge in [0.2, 0.25) is 0 Å². The van der Waals surface area contributed by atoms with E-state index in [0.717, 1.165) is 0 Å². The van der Waals surface area contributed by atoms with Gasteiger partial charge in [-0.15, -0.1) is 0 Å². The van der Waals surface area contributed by atoms with Crippen LogP contribution in [0.5, 0.6) is 11.5 Å². The van der Waals surface area contributed by atoms with E-state index in [4.69, 9.17) is 21.4 Å². The van der Waals surface area contributed by atoms with Crippen LogP contribution in [-0.2, 0) is 6.61 Å². The maximum absolute atomic E-state index is 12.0. The van der Waals surface area contributed by atoms with Gasteiger partial charge in [-0.05, 0) is 6.07 Å². The van der Waals surface area contributed by atoms with Crippen molar-refractivity contribution in [1.82, 2.24) is 0 Å². The SMILES string of the molecule is COc1cc(OC(F)F)c(CO)cc1Cl. The number of rotatable bonds is 4. The second-order valence-electron chi connectivity index (χ2n) is 2.63. The third-order valence-electron chi connectivity index (χ3n) is 1.72. The largest absolute Gasteiger partial charge is 0.495 e. The third-order valence-corrected chi connectivity index (χ3v) is 2.02. The Morgan fingerprint density at radius 2 is 2.07 bits per heavy atom. The molecular weight excluding hydrogens is 230 g/mol. The van der Waals surface area contributed by atoms with Gasteiger partial charge in [0, 0.05) is 11.6 Å². The summed E-state index contributed by atoms with van der Waals surface area (Å²) >= 11 is 5.74. The molecule has 0 amide bonds. The maximum atomic E-state index is 12.0. The topological polar surface area (TPSA) is 38.7 Å². The van der Waals surface area contributed by atoms with E-state index in [1.54, 1.807) is 0 Å². The minimum Gasteiger partial charge on any atom is -0.495 e.